The van der Waals surface area contributed by atoms with Crippen LogP contribution < -0.4 is 4.74 Å². The molecule has 15 heavy (non-hydrogen) atoms. The van der Waals surface area contributed by atoms with Crippen molar-refractivity contribution in [1.82, 2.24) is 0 Å². The summed E-state index contributed by atoms with van der Waals surface area (Å²) in [5.41, 5.74) is 0.893. The number of hydrogen-bond acceptors (Lipinski definition) is 2. The van der Waals surface area contributed by atoms with E-state index in [-0.39, 0.29) is 11.8 Å². The molecule has 1 rings (SSSR count). The molecule has 0 radical (unpaired) electrons. The molecule has 0 aliphatic carbocycles. The Kier molecular flexibility index (Phi) is 4.03. The quantitative estimate of drug-likeness (QED) is 0.710. The molecule has 1 aromatic carbocycles. The van der Waals surface area contributed by atoms with Gasteiger partial charge in [-0.3, -0.25) is 4.79 Å². The zero-order valence-electron chi connectivity index (χ0n) is 9.23. The van der Waals surface area contributed by atoms with Gasteiger partial charge in [-0.1, -0.05) is 13.8 Å². The molecule has 0 aliphatic heterocycles. The molecule has 3 nitrogen and oxygen atoms in total. The molecule has 0 saturated heterocycles. The van der Waals surface area contributed by atoms with Gasteiger partial charge in [-0.25, -0.2) is 4.99 Å². The Balaban J connectivity index is 2.69. The molecule has 0 saturated carbocycles. The lowest BCUT2D eigenvalue weighted by atomic mass is 10.2. The number of carbonyl (C=O) groups excluding carboxylic acids is 1. The van der Waals surface area contributed by atoms with Gasteiger partial charge in [0.2, 0.25) is 5.91 Å². The Morgan fingerprint density at radius 3 is 2.40 bits per heavy atom. The highest BCUT2D eigenvalue weighted by Crippen LogP contribution is 2.09. The number of benzene rings is 1. The van der Waals surface area contributed by atoms with Crippen molar-refractivity contribution in [1.29, 1.82) is 0 Å². The van der Waals surface area contributed by atoms with Gasteiger partial charge in [-0.05, 0) is 29.8 Å². The molecule has 0 atom stereocenters. The number of amides is 1. The average molecular weight is 205 g/mol. The summed E-state index contributed by atoms with van der Waals surface area (Å²) in [4.78, 5) is 15.1. The SMILES string of the molecule is COc1ccc(C=NC(=O)C(C)C)cc1. The second kappa shape index (κ2) is 5.29. The van der Waals surface area contributed by atoms with E-state index in [1.165, 1.54) is 0 Å². The topological polar surface area (TPSA) is 38.7 Å². The van der Waals surface area contributed by atoms with Crippen LogP contribution in [0, 0.1) is 5.92 Å². The zero-order chi connectivity index (χ0) is 11.3. The predicted octanol–water partition coefficient (Wildman–Crippen LogP) is 2.30. The van der Waals surface area contributed by atoms with E-state index in [2.05, 4.69) is 4.99 Å². The summed E-state index contributed by atoms with van der Waals surface area (Å²) in [6.45, 7) is 3.65. The maximum atomic E-state index is 11.2. The van der Waals surface area contributed by atoms with Crippen molar-refractivity contribution in [2.45, 2.75) is 13.8 Å². The van der Waals surface area contributed by atoms with Crippen LogP contribution in [0.4, 0.5) is 0 Å². The van der Waals surface area contributed by atoms with Crippen LogP contribution >= 0.6 is 0 Å². The van der Waals surface area contributed by atoms with Gasteiger partial charge < -0.3 is 4.74 Å². The minimum absolute atomic E-state index is 0.0560. The van der Waals surface area contributed by atoms with Gasteiger partial charge in [0.05, 0.1) is 7.11 Å². The summed E-state index contributed by atoms with van der Waals surface area (Å²) in [7, 11) is 1.62. The number of nitrogens with zero attached hydrogens (tertiary/aromatic N) is 1. The first kappa shape index (κ1) is 11.4. The monoisotopic (exact) mass is 205 g/mol. The van der Waals surface area contributed by atoms with Crippen LogP contribution in [-0.4, -0.2) is 19.2 Å². The van der Waals surface area contributed by atoms with Gasteiger partial charge in [0.25, 0.3) is 0 Å². The molecular weight excluding hydrogens is 190 g/mol. The molecule has 1 amide bonds. The van der Waals surface area contributed by atoms with Crippen molar-refractivity contribution >= 4 is 12.1 Å². The van der Waals surface area contributed by atoms with E-state index >= 15 is 0 Å². The molecule has 0 spiro atoms. The zero-order valence-corrected chi connectivity index (χ0v) is 9.23. The third-order valence-electron chi connectivity index (χ3n) is 1.95. The van der Waals surface area contributed by atoms with E-state index in [1.54, 1.807) is 13.3 Å². The average Bonchev–Trinajstić information content (AvgIpc) is 2.26. The Bertz CT molecular complexity index is 352. The van der Waals surface area contributed by atoms with Crippen molar-refractivity contribution in [2.75, 3.05) is 7.11 Å². The van der Waals surface area contributed by atoms with E-state index in [1.807, 2.05) is 38.1 Å². The van der Waals surface area contributed by atoms with Crippen molar-refractivity contribution in [3.8, 4) is 5.75 Å². The number of ether oxygens (including phenoxy) is 1. The summed E-state index contributed by atoms with van der Waals surface area (Å²) in [5, 5.41) is 0. The lowest BCUT2D eigenvalue weighted by Gasteiger charge is -1.99. The molecule has 80 valence electrons. The highest BCUT2D eigenvalue weighted by Gasteiger charge is 2.02. The number of rotatable bonds is 3. The summed E-state index contributed by atoms with van der Waals surface area (Å²) in [5.74, 6) is 0.632. The standard InChI is InChI=1S/C12H15NO2/c1-9(2)12(14)13-8-10-4-6-11(15-3)7-5-10/h4-9H,1-3H3. The highest BCUT2D eigenvalue weighted by molar-refractivity contribution is 5.92. The first-order chi connectivity index (χ1) is 7.13. The largest absolute Gasteiger partial charge is 0.497 e. The Labute approximate surface area is 89.8 Å². The second-order valence-corrected chi connectivity index (χ2v) is 3.52. The molecule has 1 aromatic rings. The number of carbonyl (C=O) groups is 1. The van der Waals surface area contributed by atoms with E-state index in [0.29, 0.717) is 0 Å². The number of methoxy groups -OCH3 is 1. The summed E-state index contributed by atoms with van der Waals surface area (Å²) >= 11 is 0. The van der Waals surface area contributed by atoms with Crippen LogP contribution in [0.25, 0.3) is 0 Å². The number of hydrogen-bond donors (Lipinski definition) is 0. The predicted molar refractivity (Wildman–Crippen MR) is 60.4 cm³/mol. The first-order valence-corrected chi connectivity index (χ1v) is 4.85. The van der Waals surface area contributed by atoms with Gasteiger partial charge in [0.15, 0.2) is 0 Å². The number of aliphatic imine (C=N–C) groups is 1. The third kappa shape index (κ3) is 3.54. The molecule has 0 N–H and O–H groups in total. The summed E-state index contributed by atoms with van der Waals surface area (Å²) < 4.78 is 5.02. The fourth-order valence-corrected chi connectivity index (χ4v) is 0.977. The van der Waals surface area contributed by atoms with E-state index in [0.717, 1.165) is 11.3 Å². The molecule has 0 aromatic heterocycles. The highest BCUT2D eigenvalue weighted by atomic mass is 16.5. The van der Waals surface area contributed by atoms with Crippen molar-refractivity contribution in [3.63, 3.8) is 0 Å². The molecule has 0 fully saturated rings. The minimum Gasteiger partial charge on any atom is -0.497 e. The summed E-state index contributed by atoms with van der Waals surface area (Å²) in [6.07, 6.45) is 1.57. The second-order valence-electron chi connectivity index (χ2n) is 3.52. The van der Waals surface area contributed by atoms with Crippen LogP contribution in [0.3, 0.4) is 0 Å². The first-order valence-electron chi connectivity index (χ1n) is 4.85. The van der Waals surface area contributed by atoms with Crippen LogP contribution in [0.15, 0.2) is 29.3 Å². The van der Waals surface area contributed by atoms with Gasteiger partial charge in [-0.15, -0.1) is 0 Å². The normalized spacial score (nSPS) is 10.9. The van der Waals surface area contributed by atoms with Gasteiger partial charge in [-0.2, -0.15) is 0 Å². The van der Waals surface area contributed by atoms with E-state index < -0.39 is 0 Å². The van der Waals surface area contributed by atoms with E-state index in [9.17, 15) is 4.79 Å². The third-order valence-corrected chi connectivity index (χ3v) is 1.95. The van der Waals surface area contributed by atoms with Crippen LogP contribution in [-0.2, 0) is 4.79 Å². The van der Waals surface area contributed by atoms with Gasteiger partial charge in [0, 0.05) is 12.1 Å². The Morgan fingerprint density at radius 2 is 1.93 bits per heavy atom. The summed E-state index contributed by atoms with van der Waals surface area (Å²) in [6, 6.07) is 7.38. The molecule has 0 unspecified atom stereocenters. The fraction of sp³-hybridized carbons (Fsp3) is 0.333. The van der Waals surface area contributed by atoms with Crippen molar-refractivity contribution in [2.24, 2.45) is 10.9 Å². The van der Waals surface area contributed by atoms with Gasteiger partial charge in [0.1, 0.15) is 5.75 Å². The smallest absolute Gasteiger partial charge is 0.248 e. The maximum absolute atomic E-state index is 11.2. The molecule has 3 heteroatoms. The molecular formula is C12H15NO2. The maximum Gasteiger partial charge on any atom is 0.248 e. The Morgan fingerprint density at radius 1 is 1.33 bits per heavy atom. The lowest BCUT2D eigenvalue weighted by molar-refractivity contribution is -0.120. The van der Waals surface area contributed by atoms with Crippen LogP contribution in [0.5, 0.6) is 5.75 Å². The van der Waals surface area contributed by atoms with Crippen LogP contribution in [0.2, 0.25) is 0 Å². The molecule has 0 aliphatic rings. The van der Waals surface area contributed by atoms with Crippen molar-refractivity contribution < 1.29 is 9.53 Å². The molecule has 0 bridgehead atoms. The van der Waals surface area contributed by atoms with Crippen LogP contribution in [0.1, 0.15) is 19.4 Å². The van der Waals surface area contributed by atoms with Crippen molar-refractivity contribution in [3.05, 3.63) is 29.8 Å². The Hall–Kier alpha value is -1.64. The molecule has 0 heterocycles. The van der Waals surface area contributed by atoms with Gasteiger partial charge >= 0.3 is 0 Å². The minimum atomic E-state index is -0.106. The fourth-order valence-electron chi connectivity index (χ4n) is 0.977. The lowest BCUT2D eigenvalue weighted by Crippen LogP contribution is -2.03. The van der Waals surface area contributed by atoms with E-state index in [4.69, 9.17) is 4.74 Å².